The van der Waals surface area contributed by atoms with E-state index in [1.54, 1.807) is 7.11 Å². The third-order valence-electron chi connectivity index (χ3n) is 2.57. The van der Waals surface area contributed by atoms with Gasteiger partial charge in [-0.25, -0.2) is 0 Å². The number of carboxylic acid groups (broad SMARTS) is 1. The summed E-state index contributed by atoms with van der Waals surface area (Å²) < 4.78 is 5.23. The van der Waals surface area contributed by atoms with E-state index in [2.05, 4.69) is 4.90 Å². The summed E-state index contributed by atoms with van der Waals surface area (Å²) in [7, 11) is 1.69. The van der Waals surface area contributed by atoms with Crippen LogP contribution in [0.3, 0.4) is 0 Å². The zero-order chi connectivity index (χ0) is 10.6. The number of piperidine rings is 1. The molecule has 0 spiro atoms. The quantitative estimate of drug-likeness (QED) is 0.643. The molecule has 1 saturated heterocycles. The van der Waals surface area contributed by atoms with Crippen LogP contribution in [0.2, 0.25) is 0 Å². The van der Waals surface area contributed by atoms with Crippen LogP contribution in [0.1, 0.15) is 12.8 Å². The van der Waals surface area contributed by atoms with Crippen molar-refractivity contribution in [1.29, 1.82) is 0 Å². The van der Waals surface area contributed by atoms with Gasteiger partial charge in [-0.05, 0) is 19.4 Å². The maximum atomic E-state index is 10.5. The zero-order valence-electron chi connectivity index (χ0n) is 8.48. The second-order valence-corrected chi connectivity index (χ2v) is 3.70. The Hall–Kier alpha value is -0.650. The lowest BCUT2D eigenvalue weighted by Crippen LogP contribution is -2.47. The van der Waals surface area contributed by atoms with Gasteiger partial charge in [0.05, 0.1) is 6.10 Å². The summed E-state index contributed by atoms with van der Waals surface area (Å²) >= 11 is 0. The van der Waals surface area contributed by atoms with Crippen LogP contribution in [0.25, 0.3) is 0 Å². The molecule has 2 atom stereocenters. The SMILES string of the molecule is COC1CCCN(CC(N)C(=O)O)C1. The van der Waals surface area contributed by atoms with E-state index in [0.717, 1.165) is 25.9 Å². The number of carboxylic acids is 1. The Morgan fingerprint density at radius 3 is 3.07 bits per heavy atom. The molecule has 1 aliphatic rings. The fraction of sp³-hybridized carbons (Fsp3) is 0.889. The van der Waals surface area contributed by atoms with Crippen LogP contribution < -0.4 is 5.73 Å². The number of ether oxygens (including phenoxy) is 1. The fourth-order valence-corrected chi connectivity index (χ4v) is 1.73. The molecule has 82 valence electrons. The van der Waals surface area contributed by atoms with Gasteiger partial charge in [0.2, 0.25) is 0 Å². The van der Waals surface area contributed by atoms with Crippen LogP contribution in [-0.4, -0.2) is 54.9 Å². The first-order valence-electron chi connectivity index (χ1n) is 4.87. The largest absolute Gasteiger partial charge is 0.480 e. The Kier molecular flexibility index (Phi) is 4.31. The summed E-state index contributed by atoms with van der Waals surface area (Å²) in [6, 6.07) is -0.786. The molecular weight excluding hydrogens is 184 g/mol. The van der Waals surface area contributed by atoms with Crippen molar-refractivity contribution in [2.45, 2.75) is 25.0 Å². The predicted molar refractivity (Wildman–Crippen MR) is 52.1 cm³/mol. The number of hydrogen-bond donors (Lipinski definition) is 2. The van der Waals surface area contributed by atoms with Gasteiger partial charge in [0.25, 0.3) is 0 Å². The molecule has 1 fully saturated rings. The van der Waals surface area contributed by atoms with Crippen molar-refractivity contribution < 1.29 is 14.6 Å². The van der Waals surface area contributed by atoms with Crippen molar-refractivity contribution in [2.75, 3.05) is 26.7 Å². The molecule has 0 saturated carbocycles. The van der Waals surface area contributed by atoms with Crippen LogP contribution >= 0.6 is 0 Å². The number of nitrogens with two attached hydrogens (primary N) is 1. The Morgan fingerprint density at radius 2 is 2.50 bits per heavy atom. The summed E-state index contributed by atoms with van der Waals surface area (Å²) in [5.41, 5.74) is 5.45. The average molecular weight is 202 g/mol. The van der Waals surface area contributed by atoms with Gasteiger partial charge in [0.1, 0.15) is 6.04 Å². The highest BCUT2D eigenvalue weighted by Gasteiger charge is 2.23. The average Bonchev–Trinajstić information content (AvgIpc) is 2.18. The third kappa shape index (κ3) is 3.25. The Morgan fingerprint density at radius 1 is 1.79 bits per heavy atom. The first-order valence-corrected chi connectivity index (χ1v) is 4.87. The van der Waals surface area contributed by atoms with E-state index < -0.39 is 12.0 Å². The van der Waals surface area contributed by atoms with Crippen LogP contribution in [-0.2, 0) is 9.53 Å². The Bertz CT molecular complexity index is 198. The summed E-state index contributed by atoms with van der Waals surface area (Å²) in [6.45, 7) is 2.12. The van der Waals surface area contributed by atoms with Crippen molar-refractivity contribution in [3.8, 4) is 0 Å². The van der Waals surface area contributed by atoms with Crippen molar-refractivity contribution >= 4 is 5.97 Å². The van der Waals surface area contributed by atoms with E-state index in [-0.39, 0.29) is 6.10 Å². The lowest BCUT2D eigenvalue weighted by Gasteiger charge is -2.32. The van der Waals surface area contributed by atoms with E-state index in [1.807, 2.05) is 0 Å². The normalized spacial score (nSPS) is 26.0. The minimum Gasteiger partial charge on any atom is -0.480 e. The number of carbonyl (C=O) groups is 1. The number of nitrogens with zero attached hydrogens (tertiary/aromatic N) is 1. The smallest absolute Gasteiger partial charge is 0.321 e. The van der Waals surface area contributed by atoms with Gasteiger partial charge in [-0.2, -0.15) is 0 Å². The van der Waals surface area contributed by atoms with E-state index >= 15 is 0 Å². The van der Waals surface area contributed by atoms with Crippen molar-refractivity contribution in [1.82, 2.24) is 4.90 Å². The summed E-state index contributed by atoms with van der Waals surface area (Å²) in [5, 5.41) is 8.65. The fourth-order valence-electron chi connectivity index (χ4n) is 1.73. The first kappa shape index (κ1) is 11.4. The number of aliphatic carboxylic acids is 1. The van der Waals surface area contributed by atoms with Gasteiger partial charge in [0, 0.05) is 20.2 Å². The molecule has 0 aliphatic carbocycles. The molecule has 3 N–H and O–H groups in total. The highest BCUT2D eigenvalue weighted by atomic mass is 16.5. The molecule has 1 rings (SSSR count). The van der Waals surface area contributed by atoms with E-state index in [4.69, 9.17) is 15.6 Å². The molecule has 2 unspecified atom stereocenters. The molecule has 0 bridgehead atoms. The van der Waals surface area contributed by atoms with Crippen LogP contribution in [0.15, 0.2) is 0 Å². The second kappa shape index (κ2) is 5.29. The van der Waals surface area contributed by atoms with Crippen LogP contribution in [0.4, 0.5) is 0 Å². The van der Waals surface area contributed by atoms with Crippen molar-refractivity contribution in [3.05, 3.63) is 0 Å². The van der Waals surface area contributed by atoms with Crippen LogP contribution in [0.5, 0.6) is 0 Å². The molecule has 0 radical (unpaired) electrons. The highest BCUT2D eigenvalue weighted by molar-refractivity contribution is 5.73. The molecule has 0 aromatic heterocycles. The molecule has 5 heteroatoms. The molecular formula is C9H18N2O3. The lowest BCUT2D eigenvalue weighted by atomic mass is 10.1. The van der Waals surface area contributed by atoms with Gasteiger partial charge in [-0.1, -0.05) is 0 Å². The minimum absolute atomic E-state index is 0.227. The zero-order valence-corrected chi connectivity index (χ0v) is 8.48. The summed E-state index contributed by atoms with van der Waals surface area (Å²) in [5.74, 6) is -0.940. The number of methoxy groups -OCH3 is 1. The van der Waals surface area contributed by atoms with E-state index in [9.17, 15) is 4.79 Å². The predicted octanol–water partition coefficient (Wildman–Crippen LogP) is -0.491. The lowest BCUT2D eigenvalue weighted by molar-refractivity contribution is -0.139. The number of likely N-dealkylation sites (tertiary alicyclic amines) is 1. The Balaban J connectivity index is 2.33. The highest BCUT2D eigenvalue weighted by Crippen LogP contribution is 2.12. The summed E-state index contributed by atoms with van der Waals surface area (Å²) in [4.78, 5) is 12.6. The maximum absolute atomic E-state index is 10.5. The molecule has 0 amide bonds. The van der Waals surface area contributed by atoms with E-state index in [1.165, 1.54) is 0 Å². The van der Waals surface area contributed by atoms with Gasteiger partial charge < -0.3 is 15.6 Å². The van der Waals surface area contributed by atoms with Crippen molar-refractivity contribution in [2.24, 2.45) is 5.73 Å². The molecule has 1 aliphatic heterocycles. The second-order valence-electron chi connectivity index (χ2n) is 3.70. The van der Waals surface area contributed by atoms with Gasteiger partial charge in [-0.15, -0.1) is 0 Å². The molecule has 0 aromatic rings. The number of rotatable bonds is 4. The van der Waals surface area contributed by atoms with E-state index in [0.29, 0.717) is 6.54 Å². The van der Waals surface area contributed by atoms with Crippen molar-refractivity contribution in [3.63, 3.8) is 0 Å². The van der Waals surface area contributed by atoms with Gasteiger partial charge in [0.15, 0.2) is 0 Å². The molecule has 0 aromatic carbocycles. The first-order chi connectivity index (χ1) is 6.63. The molecule has 5 nitrogen and oxygen atoms in total. The standard InChI is InChI=1S/C9H18N2O3/c1-14-7-3-2-4-11(5-7)6-8(10)9(12)13/h7-8H,2-6,10H2,1H3,(H,12,13). The summed E-state index contributed by atoms with van der Waals surface area (Å²) in [6.07, 6.45) is 2.32. The maximum Gasteiger partial charge on any atom is 0.321 e. The monoisotopic (exact) mass is 202 g/mol. The van der Waals surface area contributed by atoms with Crippen LogP contribution in [0, 0.1) is 0 Å². The Labute approximate surface area is 83.8 Å². The molecule has 14 heavy (non-hydrogen) atoms. The third-order valence-corrected chi connectivity index (χ3v) is 2.57. The minimum atomic E-state index is -0.940. The van der Waals surface area contributed by atoms with Gasteiger partial charge >= 0.3 is 5.97 Å². The molecule has 1 heterocycles. The topological polar surface area (TPSA) is 75.8 Å². The van der Waals surface area contributed by atoms with Gasteiger partial charge in [-0.3, -0.25) is 9.69 Å². The number of hydrogen-bond acceptors (Lipinski definition) is 4.